The van der Waals surface area contributed by atoms with Gasteiger partial charge in [-0.25, -0.2) is 0 Å². The minimum absolute atomic E-state index is 1.01. The van der Waals surface area contributed by atoms with E-state index in [2.05, 4.69) is 23.4 Å². The smallest absolute Gasteiger partial charge is 0.138 e. The van der Waals surface area contributed by atoms with Crippen molar-refractivity contribution in [2.75, 3.05) is 0 Å². The molecule has 0 saturated carbocycles. The van der Waals surface area contributed by atoms with Gasteiger partial charge in [0.2, 0.25) is 0 Å². The zero-order valence-corrected chi connectivity index (χ0v) is 7.98. The molecule has 64 valence electrons. The van der Waals surface area contributed by atoms with Gasteiger partial charge < -0.3 is 4.98 Å². The van der Waals surface area contributed by atoms with Gasteiger partial charge in [0, 0.05) is 22.0 Å². The van der Waals surface area contributed by atoms with Crippen LogP contribution in [0.2, 0.25) is 0 Å². The number of nitrogens with zero attached hydrogens (tertiary/aromatic N) is 1. The Morgan fingerprint density at radius 3 is 3.08 bits per heavy atom. The summed E-state index contributed by atoms with van der Waals surface area (Å²) >= 11 is 1.20. The quantitative estimate of drug-likeness (QED) is 0.552. The van der Waals surface area contributed by atoms with E-state index in [0.717, 1.165) is 15.8 Å². The molecule has 1 heterocycles. The van der Waals surface area contributed by atoms with Crippen molar-refractivity contribution in [2.45, 2.75) is 11.8 Å². The van der Waals surface area contributed by atoms with Gasteiger partial charge in [-0.1, -0.05) is 12.1 Å². The Balaban J connectivity index is 2.73. The molecule has 1 aromatic carbocycles. The topological polar surface area (TPSA) is 39.6 Å². The zero-order chi connectivity index (χ0) is 9.26. The molecule has 0 amide bonds. The van der Waals surface area contributed by atoms with Crippen LogP contribution in [0.1, 0.15) is 5.56 Å². The molecule has 2 aromatic rings. The maximum atomic E-state index is 8.59. The number of aromatic nitrogens is 1. The average molecular weight is 188 g/mol. The van der Waals surface area contributed by atoms with E-state index in [1.807, 2.05) is 18.3 Å². The Bertz CT molecular complexity index is 479. The molecule has 0 aliphatic carbocycles. The number of thiocyanates is 1. The first-order valence-electron chi connectivity index (χ1n) is 3.95. The number of thioether (sulfide) groups is 1. The second kappa shape index (κ2) is 3.15. The lowest BCUT2D eigenvalue weighted by molar-refractivity contribution is 1.42. The number of fused-ring (bicyclic) bond motifs is 1. The van der Waals surface area contributed by atoms with Gasteiger partial charge >= 0.3 is 0 Å². The maximum Gasteiger partial charge on any atom is 0.138 e. The third-order valence-electron chi connectivity index (χ3n) is 2.03. The predicted octanol–water partition coefficient (Wildman–Crippen LogP) is 3.05. The lowest BCUT2D eigenvalue weighted by Crippen LogP contribution is -1.74. The van der Waals surface area contributed by atoms with Crippen LogP contribution in [0.15, 0.2) is 29.3 Å². The molecular weight excluding hydrogens is 180 g/mol. The Labute approximate surface area is 80.6 Å². The van der Waals surface area contributed by atoms with Crippen molar-refractivity contribution in [3.8, 4) is 5.40 Å². The normalized spacial score (nSPS) is 10.2. The third kappa shape index (κ3) is 1.30. The number of rotatable bonds is 1. The van der Waals surface area contributed by atoms with E-state index in [1.165, 1.54) is 17.3 Å². The van der Waals surface area contributed by atoms with Gasteiger partial charge in [0.05, 0.1) is 0 Å². The summed E-state index contributed by atoms with van der Waals surface area (Å²) in [7, 11) is 0. The molecule has 0 spiro atoms. The van der Waals surface area contributed by atoms with E-state index in [1.54, 1.807) is 0 Å². The summed E-state index contributed by atoms with van der Waals surface area (Å²) in [6.07, 6.45) is 1.88. The minimum Gasteiger partial charge on any atom is -0.360 e. The number of hydrogen-bond acceptors (Lipinski definition) is 2. The number of benzene rings is 1. The summed E-state index contributed by atoms with van der Waals surface area (Å²) in [6, 6.07) is 6.08. The molecule has 0 saturated heterocycles. The van der Waals surface area contributed by atoms with Crippen LogP contribution in [-0.4, -0.2) is 4.98 Å². The van der Waals surface area contributed by atoms with Crippen LogP contribution in [0, 0.1) is 17.6 Å². The SMILES string of the molecule is Cc1cccc2[nH]cc(SC#N)c12. The number of aromatic amines is 1. The summed E-state index contributed by atoms with van der Waals surface area (Å²) in [4.78, 5) is 4.15. The maximum absolute atomic E-state index is 8.59. The van der Waals surface area contributed by atoms with Crippen molar-refractivity contribution >= 4 is 22.7 Å². The average Bonchev–Trinajstić information content (AvgIpc) is 2.51. The van der Waals surface area contributed by atoms with E-state index in [0.29, 0.717) is 0 Å². The van der Waals surface area contributed by atoms with Crippen molar-refractivity contribution in [3.63, 3.8) is 0 Å². The standard InChI is InChI=1S/C10H8N2S/c1-7-3-2-4-8-10(7)9(5-12-8)13-6-11/h2-5,12H,1H3. The van der Waals surface area contributed by atoms with Gasteiger partial charge in [-0.2, -0.15) is 5.26 Å². The first kappa shape index (κ1) is 8.21. The third-order valence-corrected chi connectivity index (χ3v) is 2.67. The second-order valence-corrected chi connectivity index (χ2v) is 3.67. The summed E-state index contributed by atoms with van der Waals surface area (Å²) in [5.41, 5.74) is 2.30. The molecule has 0 atom stereocenters. The zero-order valence-electron chi connectivity index (χ0n) is 7.16. The fraction of sp³-hybridized carbons (Fsp3) is 0.100. The molecule has 3 heteroatoms. The molecule has 0 aliphatic rings. The molecule has 0 unspecified atom stereocenters. The Morgan fingerprint density at radius 1 is 1.46 bits per heavy atom. The summed E-state index contributed by atoms with van der Waals surface area (Å²) < 4.78 is 0. The molecule has 2 nitrogen and oxygen atoms in total. The fourth-order valence-electron chi connectivity index (χ4n) is 1.46. The number of hydrogen-bond donors (Lipinski definition) is 1. The van der Waals surface area contributed by atoms with Gasteiger partial charge in [-0.05, 0) is 30.3 Å². The van der Waals surface area contributed by atoms with Gasteiger partial charge in [0.1, 0.15) is 5.40 Å². The molecule has 0 radical (unpaired) electrons. The first-order chi connectivity index (χ1) is 6.33. The van der Waals surface area contributed by atoms with Gasteiger partial charge in [0.15, 0.2) is 0 Å². The highest BCUT2D eigenvalue weighted by Crippen LogP contribution is 2.29. The fourth-order valence-corrected chi connectivity index (χ4v) is 2.05. The molecule has 0 bridgehead atoms. The molecule has 0 fully saturated rings. The van der Waals surface area contributed by atoms with Crippen LogP contribution in [0.5, 0.6) is 0 Å². The number of nitrogens with one attached hydrogen (secondary N) is 1. The molecule has 2 rings (SSSR count). The second-order valence-electron chi connectivity index (χ2n) is 2.84. The van der Waals surface area contributed by atoms with Crippen LogP contribution in [0.3, 0.4) is 0 Å². The molecule has 1 aromatic heterocycles. The predicted molar refractivity (Wildman–Crippen MR) is 54.5 cm³/mol. The van der Waals surface area contributed by atoms with Crippen LogP contribution < -0.4 is 0 Å². The van der Waals surface area contributed by atoms with Crippen LogP contribution in [-0.2, 0) is 0 Å². The lowest BCUT2D eigenvalue weighted by Gasteiger charge is -1.96. The number of H-pyrrole nitrogens is 1. The lowest BCUT2D eigenvalue weighted by atomic mass is 10.1. The van der Waals surface area contributed by atoms with E-state index < -0.39 is 0 Å². The minimum atomic E-state index is 1.01. The highest BCUT2D eigenvalue weighted by molar-refractivity contribution is 8.04. The molecule has 1 N–H and O–H groups in total. The highest BCUT2D eigenvalue weighted by atomic mass is 32.2. The largest absolute Gasteiger partial charge is 0.360 e. The van der Waals surface area contributed by atoms with Crippen LogP contribution in [0.25, 0.3) is 10.9 Å². The number of nitriles is 1. The van der Waals surface area contributed by atoms with Gasteiger partial charge in [0.25, 0.3) is 0 Å². The molecule has 13 heavy (non-hydrogen) atoms. The summed E-state index contributed by atoms with van der Waals surface area (Å²) in [5, 5.41) is 11.8. The van der Waals surface area contributed by atoms with Crippen molar-refractivity contribution in [1.29, 1.82) is 5.26 Å². The van der Waals surface area contributed by atoms with Gasteiger partial charge in [-0.15, -0.1) is 0 Å². The van der Waals surface area contributed by atoms with Crippen molar-refractivity contribution < 1.29 is 0 Å². The van der Waals surface area contributed by atoms with Crippen molar-refractivity contribution in [3.05, 3.63) is 30.0 Å². The Hall–Kier alpha value is -1.40. The Morgan fingerprint density at radius 2 is 2.31 bits per heavy atom. The van der Waals surface area contributed by atoms with E-state index in [4.69, 9.17) is 5.26 Å². The van der Waals surface area contributed by atoms with Crippen molar-refractivity contribution in [1.82, 2.24) is 4.98 Å². The molecular formula is C10H8N2S. The van der Waals surface area contributed by atoms with Crippen LogP contribution in [0.4, 0.5) is 0 Å². The Kier molecular flexibility index (Phi) is 1.99. The first-order valence-corrected chi connectivity index (χ1v) is 4.77. The van der Waals surface area contributed by atoms with Crippen LogP contribution >= 0.6 is 11.8 Å². The van der Waals surface area contributed by atoms with Crippen molar-refractivity contribution in [2.24, 2.45) is 0 Å². The number of aryl methyl sites for hydroxylation is 1. The van der Waals surface area contributed by atoms with E-state index in [-0.39, 0.29) is 0 Å². The summed E-state index contributed by atoms with van der Waals surface area (Å²) in [5.74, 6) is 0. The van der Waals surface area contributed by atoms with E-state index in [9.17, 15) is 0 Å². The van der Waals surface area contributed by atoms with E-state index >= 15 is 0 Å². The highest BCUT2D eigenvalue weighted by Gasteiger charge is 2.05. The van der Waals surface area contributed by atoms with Gasteiger partial charge in [-0.3, -0.25) is 0 Å². The molecule has 0 aliphatic heterocycles. The summed E-state index contributed by atoms with van der Waals surface area (Å²) in [6.45, 7) is 2.05. The monoisotopic (exact) mass is 188 g/mol.